The molecule has 1 aromatic rings. The van der Waals surface area contributed by atoms with Crippen molar-refractivity contribution in [2.24, 2.45) is 11.5 Å². The third-order valence-electron chi connectivity index (χ3n) is 10.3. The van der Waals surface area contributed by atoms with Gasteiger partial charge in [-0.2, -0.15) is 0 Å². The number of nitrogens with one attached hydrogen (secondary N) is 6. The summed E-state index contributed by atoms with van der Waals surface area (Å²) in [6.45, 7) is 2.75. The number of phenols is 1. The summed E-state index contributed by atoms with van der Waals surface area (Å²) in [6.07, 6.45) is -0.895. The van der Waals surface area contributed by atoms with Gasteiger partial charge in [-0.05, 0) is 64.2 Å². The number of aromatic hydroxyl groups is 1. The molecule has 0 unspecified atom stereocenters. The fraction of sp³-hybridized carbons (Fsp3) is 0.579. The normalized spacial score (nSPS) is 19.3. The lowest BCUT2D eigenvalue weighted by Gasteiger charge is -2.29. The Kier molecular flexibility index (Phi) is 18.5. The molecule has 9 atom stereocenters. The average molecular weight is 877 g/mol. The first kappa shape index (κ1) is 50.0. The van der Waals surface area contributed by atoms with Crippen LogP contribution in [-0.2, 0) is 54.4 Å². The molecule has 2 aliphatic heterocycles. The van der Waals surface area contributed by atoms with Crippen LogP contribution < -0.4 is 43.4 Å². The molecule has 24 nitrogen and oxygen atoms in total. The number of amides is 9. The van der Waals surface area contributed by atoms with E-state index < -0.39 is 133 Å². The number of hydrogen-bond donors (Lipinski definition) is 12. The van der Waals surface area contributed by atoms with Gasteiger partial charge in [0.2, 0.25) is 53.2 Å². The Hall–Kier alpha value is -6.40. The van der Waals surface area contributed by atoms with Gasteiger partial charge in [0.1, 0.15) is 54.1 Å². The minimum Gasteiger partial charge on any atom is -0.508 e. The molecule has 0 radical (unpaired) electrons. The molecule has 342 valence electrons. The second-order valence-corrected chi connectivity index (χ2v) is 15.1. The number of benzene rings is 1. The summed E-state index contributed by atoms with van der Waals surface area (Å²) in [6, 6.07) is -5.07. The molecule has 62 heavy (non-hydrogen) atoms. The summed E-state index contributed by atoms with van der Waals surface area (Å²) in [5, 5.41) is 52.6. The van der Waals surface area contributed by atoms with Crippen molar-refractivity contribution in [3.05, 3.63) is 29.8 Å². The third-order valence-corrected chi connectivity index (χ3v) is 10.3. The molecule has 3 rings (SSSR count). The van der Waals surface area contributed by atoms with E-state index in [9.17, 15) is 68.4 Å². The molecular formula is C38H56N10O14. The first-order valence-corrected chi connectivity index (χ1v) is 19.9. The van der Waals surface area contributed by atoms with Gasteiger partial charge >= 0.3 is 5.97 Å². The van der Waals surface area contributed by atoms with Crippen molar-refractivity contribution in [3.8, 4) is 5.75 Å². The zero-order chi connectivity index (χ0) is 46.4. The number of hydrogen-bond acceptors (Lipinski definition) is 14. The largest absolute Gasteiger partial charge is 0.508 e. The SMILES string of the molecule is C[C@H](NC(=O)[C@H](C)NC(=O)[C@@H]1CCCN1C(=O)CNC(=O)[C@@H]1CCCN1C(=O)[C@H](CO)NC(=O)[C@@H](N)[C@@H](C)O)C(=O)N[C@@H](CC(N)=O)C(=O)N[C@@H](Cc1ccc(O)cc1)C(=O)O. The highest BCUT2D eigenvalue weighted by Gasteiger charge is 2.40. The number of carboxylic acid groups (broad SMARTS) is 1. The molecule has 14 N–H and O–H groups in total. The predicted octanol–water partition coefficient (Wildman–Crippen LogP) is -5.84. The van der Waals surface area contributed by atoms with Crippen LogP contribution in [0.5, 0.6) is 5.75 Å². The van der Waals surface area contributed by atoms with Crippen LogP contribution in [0.25, 0.3) is 0 Å². The summed E-state index contributed by atoms with van der Waals surface area (Å²) in [4.78, 5) is 130. The Morgan fingerprint density at radius 2 is 1.26 bits per heavy atom. The summed E-state index contributed by atoms with van der Waals surface area (Å²) in [7, 11) is 0. The molecule has 0 aliphatic carbocycles. The Morgan fingerprint density at radius 1 is 0.726 bits per heavy atom. The monoisotopic (exact) mass is 876 g/mol. The van der Waals surface area contributed by atoms with Crippen molar-refractivity contribution >= 4 is 59.1 Å². The summed E-state index contributed by atoms with van der Waals surface area (Å²) in [5.74, 6) is -9.02. The van der Waals surface area contributed by atoms with Gasteiger partial charge < -0.3 is 73.6 Å². The maximum atomic E-state index is 13.3. The number of nitrogens with zero attached hydrogens (tertiary/aromatic N) is 2. The highest BCUT2D eigenvalue weighted by molar-refractivity contribution is 5.98. The van der Waals surface area contributed by atoms with Crippen LogP contribution in [0.3, 0.4) is 0 Å². The zero-order valence-electron chi connectivity index (χ0n) is 34.5. The van der Waals surface area contributed by atoms with Crippen LogP contribution in [0, 0.1) is 0 Å². The standard InChI is InChI=1S/C38H56N10O14/c1-18(31(54)42-19(2)32(55)44-23(15-28(39)52)33(56)45-24(38(61)62)14-21-8-10-22(51)11-9-21)43-35(58)27-7-4-12-47(27)29(53)16-41-34(57)26-6-5-13-48(26)37(60)25(17-49)46-36(59)30(40)20(3)50/h8-11,18-20,23-27,30,49-51H,4-7,12-17,40H2,1-3H3,(H2,39,52)(H,41,57)(H,42,54)(H,43,58)(H,44,55)(H,45,56)(H,46,59)(H,61,62)/t18-,19-,20+,23-,24-,25-,26-,27-,30-/m0/s1. The van der Waals surface area contributed by atoms with E-state index in [1.54, 1.807) is 0 Å². The minimum absolute atomic E-state index is 0.0616. The quantitative estimate of drug-likeness (QED) is 0.0547. The van der Waals surface area contributed by atoms with E-state index in [0.29, 0.717) is 18.4 Å². The first-order chi connectivity index (χ1) is 29.1. The Balaban J connectivity index is 1.53. The molecule has 2 aliphatic rings. The highest BCUT2D eigenvalue weighted by atomic mass is 16.4. The zero-order valence-corrected chi connectivity index (χ0v) is 34.5. The molecule has 2 heterocycles. The topological polar surface area (TPSA) is 382 Å². The van der Waals surface area contributed by atoms with Crippen molar-refractivity contribution in [3.63, 3.8) is 0 Å². The van der Waals surface area contributed by atoms with E-state index in [-0.39, 0.29) is 38.1 Å². The van der Waals surface area contributed by atoms with Gasteiger partial charge in [0.25, 0.3) is 0 Å². The second kappa shape index (κ2) is 23.0. The van der Waals surface area contributed by atoms with Crippen LogP contribution in [0.2, 0.25) is 0 Å². The number of primary amides is 1. The molecule has 0 aromatic heterocycles. The molecular weight excluding hydrogens is 820 g/mol. The van der Waals surface area contributed by atoms with E-state index in [0.717, 1.165) is 4.90 Å². The molecule has 1 aromatic carbocycles. The smallest absolute Gasteiger partial charge is 0.326 e. The van der Waals surface area contributed by atoms with Crippen LogP contribution in [-0.4, -0.2) is 170 Å². The van der Waals surface area contributed by atoms with E-state index in [4.69, 9.17) is 11.5 Å². The van der Waals surface area contributed by atoms with Crippen LogP contribution >= 0.6 is 0 Å². The average Bonchev–Trinajstić information content (AvgIpc) is 3.92. The van der Waals surface area contributed by atoms with Crippen molar-refractivity contribution in [1.82, 2.24) is 41.7 Å². The molecule has 0 saturated carbocycles. The number of aliphatic carboxylic acids is 1. The number of rotatable bonds is 21. The maximum absolute atomic E-state index is 13.3. The Bertz CT molecular complexity index is 1850. The third kappa shape index (κ3) is 14.1. The minimum atomic E-state index is -1.63. The summed E-state index contributed by atoms with van der Waals surface area (Å²) in [5.41, 5.74) is 11.3. The van der Waals surface area contributed by atoms with Crippen LogP contribution in [0.4, 0.5) is 0 Å². The lowest BCUT2D eigenvalue weighted by Crippen LogP contribution is -2.58. The van der Waals surface area contributed by atoms with Gasteiger partial charge in [-0.1, -0.05) is 12.1 Å². The molecule has 2 saturated heterocycles. The lowest BCUT2D eigenvalue weighted by atomic mass is 10.0. The fourth-order valence-corrected chi connectivity index (χ4v) is 6.72. The predicted molar refractivity (Wildman–Crippen MR) is 213 cm³/mol. The van der Waals surface area contributed by atoms with Crippen LogP contribution in [0.1, 0.15) is 58.4 Å². The van der Waals surface area contributed by atoms with E-state index in [2.05, 4.69) is 31.9 Å². The van der Waals surface area contributed by atoms with Crippen molar-refractivity contribution in [2.45, 2.75) is 114 Å². The fourth-order valence-electron chi connectivity index (χ4n) is 6.72. The van der Waals surface area contributed by atoms with Gasteiger partial charge in [-0.3, -0.25) is 43.2 Å². The second-order valence-electron chi connectivity index (χ2n) is 15.1. The number of aliphatic hydroxyl groups excluding tert-OH is 2. The van der Waals surface area contributed by atoms with Crippen molar-refractivity contribution in [1.29, 1.82) is 0 Å². The van der Waals surface area contributed by atoms with Crippen molar-refractivity contribution < 1.29 is 68.4 Å². The van der Waals surface area contributed by atoms with E-state index >= 15 is 0 Å². The highest BCUT2D eigenvalue weighted by Crippen LogP contribution is 2.20. The summed E-state index contributed by atoms with van der Waals surface area (Å²) < 4.78 is 0. The number of nitrogens with two attached hydrogens (primary N) is 2. The van der Waals surface area contributed by atoms with Gasteiger partial charge in [0.05, 0.1) is 25.7 Å². The first-order valence-electron chi connectivity index (χ1n) is 19.9. The maximum Gasteiger partial charge on any atom is 0.326 e. The number of likely N-dealkylation sites (tertiary alicyclic amines) is 2. The number of carbonyl (C=O) groups is 10. The van der Waals surface area contributed by atoms with Gasteiger partial charge in [-0.25, -0.2) is 4.79 Å². The van der Waals surface area contributed by atoms with E-state index in [1.807, 2.05) is 0 Å². The summed E-state index contributed by atoms with van der Waals surface area (Å²) >= 11 is 0. The van der Waals surface area contributed by atoms with Gasteiger partial charge in [0.15, 0.2) is 0 Å². The lowest BCUT2D eigenvalue weighted by molar-refractivity contribution is -0.143. The van der Waals surface area contributed by atoms with E-state index in [1.165, 1.54) is 49.9 Å². The number of carboxylic acids is 1. The molecule has 0 bridgehead atoms. The molecule has 9 amide bonds. The van der Waals surface area contributed by atoms with Crippen LogP contribution in [0.15, 0.2) is 24.3 Å². The molecule has 0 spiro atoms. The Morgan fingerprint density at radius 3 is 1.82 bits per heavy atom. The Labute approximate surface area is 355 Å². The van der Waals surface area contributed by atoms with Gasteiger partial charge in [0, 0.05) is 19.5 Å². The molecule has 2 fully saturated rings. The number of phenolic OH excluding ortho intramolecular Hbond substituents is 1. The molecule has 24 heteroatoms. The number of aliphatic hydroxyl groups is 2. The van der Waals surface area contributed by atoms with Crippen molar-refractivity contribution in [2.75, 3.05) is 26.2 Å². The van der Waals surface area contributed by atoms with Gasteiger partial charge in [-0.15, -0.1) is 0 Å². The number of carbonyl (C=O) groups excluding carboxylic acids is 9.